The van der Waals surface area contributed by atoms with Crippen LogP contribution in [0.15, 0.2) is 18.2 Å². The number of carbonyl (C=O) groups excluding carboxylic acids is 1. The third-order valence-corrected chi connectivity index (χ3v) is 2.25. The van der Waals surface area contributed by atoms with E-state index < -0.39 is 0 Å². The van der Waals surface area contributed by atoms with Crippen molar-refractivity contribution in [2.75, 3.05) is 11.9 Å². The summed E-state index contributed by atoms with van der Waals surface area (Å²) in [5, 5.41) is 0. The van der Waals surface area contributed by atoms with Crippen molar-refractivity contribution < 1.29 is 9.18 Å². The van der Waals surface area contributed by atoms with Crippen LogP contribution in [0.5, 0.6) is 0 Å². The predicted octanol–water partition coefficient (Wildman–Crippen LogP) is 2.37. The van der Waals surface area contributed by atoms with Gasteiger partial charge in [0.2, 0.25) is 5.91 Å². The molecule has 1 aromatic rings. The standard InChI is InChI=1S/C11H14FNO/c1-4-9-5-6-10(12)11(7-9)13(3)8(2)14/h5-7H,4H2,1-3H3. The maximum absolute atomic E-state index is 13.3. The summed E-state index contributed by atoms with van der Waals surface area (Å²) >= 11 is 0. The number of hydrogen-bond donors (Lipinski definition) is 0. The third-order valence-electron chi connectivity index (χ3n) is 2.25. The summed E-state index contributed by atoms with van der Waals surface area (Å²) in [4.78, 5) is 12.4. The molecule has 0 saturated carbocycles. The molecule has 0 spiro atoms. The van der Waals surface area contributed by atoms with E-state index in [9.17, 15) is 9.18 Å². The zero-order valence-electron chi connectivity index (χ0n) is 8.67. The molecule has 0 aromatic heterocycles. The second-order valence-electron chi connectivity index (χ2n) is 3.22. The van der Waals surface area contributed by atoms with E-state index in [1.54, 1.807) is 19.2 Å². The van der Waals surface area contributed by atoms with Gasteiger partial charge in [0.05, 0.1) is 5.69 Å². The van der Waals surface area contributed by atoms with Gasteiger partial charge in [0, 0.05) is 14.0 Å². The van der Waals surface area contributed by atoms with Crippen LogP contribution in [0.25, 0.3) is 0 Å². The molecule has 0 radical (unpaired) electrons. The van der Waals surface area contributed by atoms with Crippen LogP contribution < -0.4 is 4.90 Å². The Morgan fingerprint density at radius 1 is 1.50 bits per heavy atom. The van der Waals surface area contributed by atoms with Gasteiger partial charge in [0.15, 0.2) is 0 Å². The molecule has 0 aliphatic heterocycles. The van der Waals surface area contributed by atoms with Gasteiger partial charge in [-0.15, -0.1) is 0 Å². The van der Waals surface area contributed by atoms with E-state index >= 15 is 0 Å². The van der Waals surface area contributed by atoms with Crippen molar-refractivity contribution >= 4 is 11.6 Å². The Morgan fingerprint density at radius 2 is 2.14 bits per heavy atom. The first kappa shape index (κ1) is 10.7. The minimum absolute atomic E-state index is 0.169. The zero-order valence-corrected chi connectivity index (χ0v) is 8.67. The Kier molecular flexibility index (Phi) is 3.23. The molecule has 76 valence electrons. The number of nitrogens with zero attached hydrogens (tertiary/aromatic N) is 1. The average Bonchev–Trinajstić information content (AvgIpc) is 2.17. The molecule has 0 N–H and O–H groups in total. The molecule has 1 aromatic carbocycles. The second-order valence-corrected chi connectivity index (χ2v) is 3.22. The minimum atomic E-state index is -0.361. The number of halogens is 1. The van der Waals surface area contributed by atoms with Crippen LogP contribution in [0.3, 0.4) is 0 Å². The molecular formula is C11H14FNO. The van der Waals surface area contributed by atoms with E-state index in [1.807, 2.05) is 6.92 Å². The lowest BCUT2D eigenvalue weighted by Gasteiger charge is -2.16. The summed E-state index contributed by atoms with van der Waals surface area (Å²) in [6.45, 7) is 3.41. The van der Waals surface area contributed by atoms with Gasteiger partial charge in [-0.3, -0.25) is 4.79 Å². The molecule has 1 rings (SSSR count). The summed E-state index contributed by atoms with van der Waals surface area (Å²) in [6.07, 6.45) is 0.832. The molecule has 0 saturated heterocycles. The largest absolute Gasteiger partial charge is 0.313 e. The topological polar surface area (TPSA) is 20.3 Å². The molecule has 0 fully saturated rings. The van der Waals surface area contributed by atoms with Crippen molar-refractivity contribution in [2.45, 2.75) is 20.3 Å². The van der Waals surface area contributed by atoms with Crippen molar-refractivity contribution in [1.82, 2.24) is 0 Å². The molecule has 2 nitrogen and oxygen atoms in total. The maximum Gasteiger partial charge on any atom is 0.223 e. The van der Waals surface area contributed by atoms with Crippen LogP contribution in [-0.2, 0) is 11.2 Å². The zero-order chi connectivity index (χ0) is 10.7. The molecule has 3 heteroatoms. The lowest BCUT2D eigenvalue weighted by Crippen LogP contribution is -2.24. The fraction of sp³-hybridized carbons (Fsp3) is 0.364. The SMILES string of the molecule is CCc1ccc(F)c(N(C)C(C)=O)c1. The first-order valence-electron chi connectivity index (χ1n) is 4.59. The highest BCUT2D eigenvalue weighted by Crippen LogP contribution is 2.20. The predicted molar refractivity (Wildman–Crippen MR) is 54.9 cm³/mol. The second kappa shape index (κ2) is 4.22. The Hall–Kier alpha value is -1.38. The molecule has 0 bridgehead atoms. The Bertz CT molecular complexity index is 349. The van der Waals surface area contributed by atoms with Crippen molar-refractivity contribution in [2.24, 2.45) is 0 Å². The lowest BCUT2D eigenvalue weighted by atomic mass is 10.1. The van der Waals surface area contributed by atoms with Crippen LogP contribution in [0.1, 0.15) is 19.4 Å². The summed E-state index contributed by atoms with van der Waals surface area (Å²) in [5.74, 6) is -0.531. The van der Waals surface area contributed by atoms with Gasteiger partial charge in [-0.1, -0.05) is 13.0 Å². The quantitative estimate of drug-likeness (QED) is 0.709. The number of anilines is 1. The molecule has 14 heavy (non-hydrogen) atoms. The minimum Gasteiger partial charge on any atom is -0.313 e. The van der Waals surface area contributed by atoms with Gasteiger partial charge >= 0.3 is 0 Å². The van der Waals surface area contributed by atoms with E-state index in [-0.39, 0.29) is 11.7 Å². The lowest BCUT2D eigenvalue weighted by molar-refractivity contribution is -0.116. The molecule has 0 unspecified atom stereocenters. The van der Waals surface area contributed by atoms with E-state index in [0.29, 0.717) is 5.69 Å². The van der Waals surface area contributed by atoms with Crippen molar-refractivity contribution in [3.8, 4) is 0 Å². The Labute approximate surface area is 83.3 Å². The highest BCUT2D eigenvalue weighted by molar-refractivity contribution is 5.91. The van der Waals surface area contributed by atoms with Gasteiger partial charge < -0.3 is 4.90 Å². The number of benzene rings is 1. The molecule has 0 atom stereocenters. The Balaban J connectivity index is 3.11. The van der Waals surface area contributed by atoms with E-state index in [4.69, 9.17) is 0 Å². The molecule has 0 heterocycles. The maximum atomic E-state index is 13.3. The number of amides is 1. The van der Waals surface area contributed by atoms with Crippen LogP contribution in [-0.4, -0.2) is 13.0 Å². The summed E-state index contributed by atoms with van der Waals surface area (Å²) < 4.78 is 13.3. The molecular weight excluding hydrogens is 181 g/mol. The van der Waals surface area contributed by atoms with Crippen LogP contribution in [0.4, 0.5) is 10.1 Å². The van der Waals surface area contributed by atoms with Crippen molar-refractivity contribution in [3.05, 3.63) is 29.6 Å². The van der Waals surface area contributed by atoms with Crippen LogP contribution >= 0.6 is 0 Å². The summed E-state index contributed by atoms with van der Waals surface area (Å²) in [5.41, 5.74) is 1.37. The van der Waals surface area contributed by atoms with Gasteiger partial charge in [-0.2, -0.15) is 0 Å². The number of carbonyl (C=O) groups is 1. The van der Waals surface area contributed by atoms with Gasteiger partial charge in [0.25, 0.3) is 0 Å². The van der Waals surface area contributed by atoms with Gasteiger partial charge in [-0.25, -0.2) is 4.39 Å². The molecule has 1 amide bonds. The molecule has 0 aliphatic rings. The number of aryl methyl sites for hydroxylation is 1. The molecule has 0 aliphatic carbocycles. The first-order valence-corrected chi connectivity index (χ1v) is 4.59. The van der Waals surface area contributed by atoms with Crippen molar-refractivity contribution in [3.63, 3.8) is 0 Å². The third kappa shape index (κ3) is 2.10. The van der Waals surface area contributed by atoms with E-state index in [0.717, 1.165) is 12.0 Å². The van der Waals surface area contributed by atoms with E-state index in [1.165, 1.54) is 17.9 Å². The summed E-state index contributed by atoms with van der Waals surface area (Å²) in [6, 6.07) is 4.83. The van der Waals surface area contributed by atoms with Crippen LogP contribution in [0.2, 0.25) is 0 Å². The van der Waals surface area contributed by atoms with Gasteiger partial charge in [-0.05, 0) is 24.1 Å². The van der Waals surface area contributed by atoms with Crippen LogP contribution in [0, 0.1) is 5.82 Å². The smallest absolute Gasteiger partial charge is 0.223 e. The van der Waals surface area contributed by atoms with E-state index in [2.05, 4.69) is 0 Å². The van der Waals surface area contributed by atoms with Gasteiger partial charge in [0.1, 0.15) is 5.82 Å². The van der Waals surface area contributed by atoms with Crippen molar-refractivity contribution in [1.29, 1.82) is 0 Å². The fourth-order valence-electron chi connectivity index (χ4n) is 1.20. The average molecular weight is 195 g/mol. The monoisotopic (exact) mass is 195 g/mol. The normalized spacial score (nSPS) is 10.0. The summed E-state index contributed by atoms with van der Waals surface area (Å²) in [7, 11) is 1.57. The fourth-order valence-corrected chi connectivity index (χ4v) is 1.20. The highest BCUT2D eigenvalue weighted by atomic mass is 19.1. The first-order chi connectivity index (χ1) is 6.56. The number of rotatable bonds is 2. The Morgan fingerprint density at radius 3 is 2.64 bits per heavy atom. The number of hydrogen-bond acceptors (Lipinski definition) is 1. The highest BCUT2D eigenvalue weighted by Gasteiger charge is 2.10.